The second-order valence-electron chi connectivity index (χ2n) is 2.14. The van der Waals surface area contributed by atoms with Gasteiger partial charge in [-0.25, -0.2) is 0 Å². The van der Waals surface area contributed by atoms with Gasteiger partial charge in [-0.3, -0.25) is 0 Å². The summed E-state index contributed by atoms with van der Waals surface area (Å²) in [6, 6.07) is 0. The topological polar surface area (TPSA) is 68.3 Å². The average molecular weight is 412 g/mol. The summed E-state index contributed by atoms with van der Waals surface area (Å²) in [5, 5.41) is 0. The largest absolute Gasteiger partial charge is 0.307 e. The van der Waals surface area contributed by atoms with Crippen molar-refractivity contribution in [1.29, 1.82) is 0 Å². The standard InChI is InChI=1S/C8H12.4CH2O.W/c1-2-4-6-8-7-5-3-1;4*1-2;/h1-4H,5-8H2;4*1H2;. The minimum Gasteiger partial charge on any atom is -0.307 e. The molecule has 1 aliphatic rings. The molecule has 0 unspecified atom stereocenters. The Morgan fingerprint density at radius 2 is 0.824 bits per heavy atom. The quantitative estimate of drug-likeness (QED) is 0.610. The van der Waals surface area contributed by atoms with Crippen LogP contribution in [0.15, 0.2) is 24.3 Å². The van der Waals surface area contributed by atoms with E-state index in [0.717, 1.165) is 0 Å². The molecule has 0 atom stereocenters. The van der Waals surface area contributed by atoms with Gasteiger partial charge in [0.1, 0.15) is 27.2 Å². The molecule has 0 heterocycles. The zero-order valence-electron chi connectivity index (χ0n) is 10.0. The molecule has 0 aliphatic heterocycles. The molecule has 98 valence electrons. The molecule has 0 saturated carbocycles. The molecule has 0 aromatic heterocycles. The Bertz CT molecular complexity index is 139. The first-order valence-corrected chi connectivity index (χ1v) is 4.47. The van der Waals surface area contributed by atoms with Gasteiger partial charge in [0.2, 0.25) is 0 Å². The van der Waals surface area contributed by atoms with Gasteiger partial charge in [0, 0.05) is 21.1 Å². The summed E-state index contributed by atoms with van der Waals surface area (Å²) in [5.41, 5.74) is 0. The molecule has 17 heavy (non-hydrogen) atoms. The van der Waals surface area contributed by atoms with Crippen LogP contribution in [0.5, 0.6) is 0 Å². The maximum absolute atomic E-state index is 8.00. The molecule has 0 spiro atoms. The van der Waals surface area contributed by atoms with E-state index < -0.39 is 0 Å². The fourth-order valence-electron chi connectivity index (χ4n) is 0.874. The minimum absolute atomic E-state index is 0. The molecule has 0 fully saturated rings. The van der Waals surface area contributed by atoms with Crippen molar-refractivity contribution in [2.45, 2.75) is 25.7 Å². The molecule has 0 saturated heterocycles. The Balaban J connectivity index is -0.0000000462. The molecule has 0 bridgehead atoms. The van der Waals surface area contributed by atoms with Crippen molar-refractivity contribution in [2.24, 2.45) is 0 Å². The SMILES string of the molecule is C1=CCCCCC=C1.C=O.C=O.C=O.C=O.[W]. The predicted octanol–water partition coefficient (Wildman–Crippen LogP) is 1.93. The monoisotopic (exact) mass is 412 g/mol. The molecule has 0 amide bonds. The number of hydrogen-bond donors (Lipinski definition) is 0. The van der Waals surface area contributed by atoms with Crippen molar-refractivity contribution in [1.82, 2.24) is 0 Å². The van der Waals surface area contributed by atoms with Crippen molar-refractivity contribution in [3.63, 3.8) is 0 Å². The maximum Gasteiger partial charge on any atom is 0.106 e. The van der Waals surface area contributed by atoms with E-state index >= 15 is 0 Å². The van der Waals surface area contributed by atoms with Gasteiger partial charge in [0.05, 0.1) is 0 Å². The first-order valence-electron chi connectivity index (χ1n) is 4.47. The number of hydrogen-bond acceptors (Lipinski definition) is 4. The van der Waals surface area contributed by atoms with Gasteiger partial charge < -0.3 is 19.2 Å². The van der Waals surface area contributed by atoms with Crippen molar-refractivity contribution < 1.29 is 40.2 Å². The second-order valence-corrected chi connectivity index (χ2v) is 2.14. The van der Waals surface area contributed by atoms with E-state index in [1.807, 2.05) is 27.2 Å². The molecule has 5 heteroatoms. The van der Waals surface area contributed by atoms with E-state index in [1.165, 1.54) is 25.7 Å². The normalized spacial score (nSPS) is 10.4. The van der Waals surface area contributed by atoms with E-state index in [2.05, 4.69) is 24.3 Å². The van der Waals surface area contributed by atoms with Crippen LogP contribution in [0.3, 0.4) is 0 Å². The van der Waals surface area contributed by atoms with Gasteiger partial charge in [-0.15, -0.1) is 0 Å². The first kappa shape index (κ1) is 29.7. The molecular weight excluding hydrogens is 392 g/mol. The molecular formula is C12H20O4W. The summed E-state index contributed by atoms with van der Waals surface area (Å²) in [6.07, 6.45) is 14.0. The Labute approximate surface area is 117 Å². The zero-order valence-corrected chi connectivity index (χ0v) is 12.9. The molecule has 4 nitrogen and oxygen atoms in total. The molecule has 0 radical (unpaired) electrons. The van der Waals surface area contributed by atoms with E-state index in [-0.39, 0.29) is 21.1 Å². The third-order valence-corrected chi connectivity index (χ3v) is 1.37. The fraction of sp³-hybridized carbons (Fsp3) is 0.333. The van der Waals surface area contributed by atoms with Gasteiger partial charge in [-0.05, 0) is 25.7 Å². The van der Waals surface area contributed by atoms with Gasteiger partial charge in [0.15, 0.2) is 0 Å². The van der Waals surface area contributed by atoms with Gasteiger partial charge in [-0.1, -0.05) is 24.3 Å². The van der Waals surface area contributed by atoms with E-state index in [4.69, 9.17) is 19.2 Å². The smallest absolute Gasteiger partial charge is 0.106 e. The fourth-order valence-corrected chi connectivity index (χ4v) is 0.874. The van der Waals surface area contributed by atoms with Crippen LogP contribution in [0.1, 0.15) is 25.7 Å². The van der Waals surface area contributed by atoms with Crippen LogP contribution in [0.2, 0.25) is 0 Å². The van der Waals surface area contributed by atoms with Crippen molar-refractivity contribution in [3.05, 3.63) is 24.3 Å². The van der Waals surface area contributed by atoms with E-state index in [9.17, 15) is 0 Å². The van der Waals surface area contributed by atoms with E-state index in [0.29, 0.717) is 0 Å². The van der Waals surface area contributed by atoms with Crippen LogP contribution >= 0.6 is 0 Å². The molecule has 0 aromatic rings. The number of allylic oxidation sites excluding steroid dienone is 4. The molecule has 0 aromatic carbocycles. The summed E-state index contributed by atoms with van der Waals surface area (Å²) < 4.78 is 0. The minimum atomic E-state index is 0. The molecule has 0 N–H and O–H groups in total. The number of carbonyl (C=O) groups excluding carboxylic acids is 4. The zero-order chi connectivity index (χ0) is 13.7. The Morgan fingerprint density at radius 3 is 1.06 bits per heavy atom. The van der Waals surface area contributed by atoms with Crippen molar-refractivity contribution in [2.75, 3.05) is 0 Å². The summed E-state index contributed by atoms with van der Waals surface area (Å²) in [4.78, 5) is 32.0. The van der Waals surface area contributed by atoms with Gasteiger partial charge in [-0.2, -0.15) is 0 Å². The van der Waals surface area contributed by atoms with Crippen LogP contribution in [0.4, 0.5) is 0 Å². The Hall–Kier alpha value is -1.15. The maximum atomic E-state index is 8.00. The van der Waals surface area contributed by atoms with Crippen LogP contribution in [0.25, 0.3) is 0 Å². The Morgan fingerprint density at radius 1 is 0.588 bits per heavy atom. The van der Waals surface area contributed by atoms with Crippen LogP contribution in [-0.4, -0.2) is 27.2 Å². The molecule has 1 aliphatic carbocycles. The van der Waals surface area contributed by atoms with Crippen LogP contribution in [-0.2, 0) is 40.2 Å². The first-order chi connectivity index (χ1) is 8.00. The van der Waals surface area contributed by atoms with Crippen molar-refractivity contribution >= 4 is 27.2 Å². The third kappa shape index (κ3) is 52.3. The summed E-state index contributed by atoms with van der Waals surface area (Å²) in [5.74, 6) is 0. The average Bonchev–Trinajstić information content (AvgIpc) is 2.38. The second kappa shape index (κ2) is 60.7. The summed E-state index contributed by atoms with van der Waals surface area (Å²) in [6.45, 7) is 8.00. The number of carbonyl (C=O) groups is 4. The van der Waals surface area contributed by atoms with Crippen LogP contribution < -0.4 is 0 Å². The predicted molar refractivity (Wildman–Crippen MR) is 65.2 cm³/mol. The Kier molecular flexibility index (Phi) is 106. The molecule has 1 rings (SSSR count). The van der Waals surface area contributed by atoms with Gasteiger partial charge in [0.25, 0.3) is 0 Å². The number of rotatable bonds is 0. The third-order valence-electron chi connectivity index (χ3n) is 1.37. The summed E-state index contributed by atoms with van der Waals surface area (Å²) in [7, 11) is 0. The van der Waals surface area contributed by atoms with Gasteiger partial charge >= 0.3 is 0 Å². The van der Waals surface area contributed by atoms with Crippen LogP contribution in [0, 0.1) is 0 Å². The summed E-state index contributed by atoms with van der Waals surface area (Å²) >= 11 is 0. The van der Waals surface area contributed by atoms with Crippen molar-refractivity contribution in [3.8, 4) is 0 Å². The van der Waals surface area contributed by atoms with E-state index in [1.54, 1.807) is 0 Å².